The van der Waals surface area contributed by atoms with Crippen LogP contribution in [-0.2, 0) is 20.9 Å². The van der Waals surface area contributed by atoms with Gasteiger partial charge in [0.2, 0.25) is 24.3 Å². The van der Waals surface area contributed by atoms with E-state index in [2.05, 4.69) is 5.32 Å². The molecular formula is C19H21NO5. The van der Waals surface area contributed by atoms with Crippen molar-refractivity contribution in [3.63, 3.8) is 0 Å². The number of carbonyl (C=O) groups is 3. The van der Waals surface area contributed by atoms with Crippen molar-refractivity contribution in [2.45, 2.75) is 40.2 Å². The molecule has 0 radical (unpaired) electrons. The number of fused-ring (bicyclic) bond motifs is 3. The molecule has 2 saturated carbocycles. The first kappa shape index (κ1) is 16.1. The van der Waals surface area contributed by atoms with Crippen LogP contribution in [0.15, 0.2) is 18.2 Å². The van der Waals surface area contributed by atoms with Crippen molar-refractivity contribution in [1.82, 2.24) is 5.32 Å². The number of Topliss-reactive ketones (excluding diaryl/α,β-unsaturated/α-hetero) is 2. The second kappa shape index (κ2) is 4.84. The summed E-state index contributed by atoms with van der Waals surface area (Å²) in [5.74, 6) is 0.0369. The Hall–Kier alpha value is -2.37. The van der Waals surface area contributed by atoms with Gasteiger partial charge in [-0.2, -0.15) is 0 Å². The zero-order chi connectivity index (χ0) is 18.0. The maximum atomic E-state index is 13.0. The van der Waals surface area contributed by atoms with Crippen molar-refractivity contribution in [3.8, 4) is 11.5 Å². The fourth-order valence-electron chi connectivity index (χ4n) is 4.66. The number of ketones is 2. The normalized spacial score (nSPS) is 31.5. The van der Waals surface area contributed by atoms with E-state index in [4.69, 9.17) is 9.47 Å². The standard InChI is InChI=1S/C19H21NO5/c1-17(2)18(3)6-7-19(17,15(22)14(18)21)16(23)20-9-11-4-5-12-13(8-11)25-10-24-12/h4-5,8H,6-7,9-10H2,1-3H3,(H,20,23)/t18-,19+/m0/s1. The predicted octanol–water partition coefficient (Wildman–Crippen LogP) is 2.00. The lowest BCUT2D eigenvalue weighted by molar-refractivity contribution is -0.149. The molecular weight excluding hydrogens is 322 g/mol. The summed E-state index contributed by atoms with van der Waals surface area (Å²) in [5, 5.41) is 2.87. The van der Waals surface area contributed by atoms with Crippen molar-refractivity contribution in [2.75, 3.05) is 6.79 Å². The third-order valence-electron chi connectivity index (χ3n) is 6.82. The Labute approximate surface area is 145 Å². The van der Waals surface area contributed by atoms with E-state index < -0.39 is 27.8 Å². The molecule has 1 heterocycles. The van der Waals surface area contributed by atoms with Gasteiger partial charge in [-0.05, 0) is 36.0 Å². The number of benzene rings is 1. The van der Waals surface area contributed by atoms with Gasteiger partial charge in [-0.25, -0.2) is 0 Å². The summed E-state index contributed by atoms with van der Waals surface area (Å²) in [6, 6.07) is 5.45. The zero-order valence-corrected chi connectivity index (χ0v) is 14.6. The average molecular weight is 343 g/mol. The van der Waals surface area contributed by atoms with Crippen LogP contribution in [0.3, 0.4) is 0 Å². The molecule has 6 nitrogen and oxygen atoms in total. The van der Waals surface area contributed by atoms with Crippen LogP contribution in [-0.4, -0.2) is 24.3 Å². The molecule has 1 amide bonds. The molecule has 6 heteroatoms. The van der Waals surface area contributed by atoms with E-state index in [1.54, 1.807) is 6.07 Å². The fourth-order valence-corrected chi connectivity index (χ4v) is 4.66. The van der Waals surface area contributed by atoms with E-state index in [0.717, 1.165) is 5.56 Å². The Kier molecular flexibility index (Phi) is 3.12. The summed E-state index contributed by atoms with van der Waals surface area (Å²) < 4.78 is 10.6. The molecule has 0 unspecified atom stereocenters. The molecule has 1 N–H and O–H groups in total. The van der Waals surface area contributed by atoms with Gasteiger partial charge in [0.25, 0.3) is 0 Å². The number of amides is 1. The van der Waals surface area contributed by atoms with Crippen molar-refractivity contribution < 1.29 is 23.9 Å². The SMILES string of the molecule is CC1(C)[C@]2(C(=O)NCc3ccc4c(c3)OCO4)CC[C@@]1(C)C(=O)C2=O. The van der Waals surface area contributed by atoms with Crippen molar-refractivity contribution in [2.24, 2.45) is 16.2 Å². The van der Waals surface area contributed by atoms with Gasteiger partial charge in [-0.1, -0.05) is 26.8 Å². The summed E-state index contributed by atoms with van der Waals surface area (Å²) in [5.41, 5.74) is -1.84. The van der Waals surface area contributed by atoms with Crippen LogP contribution in [0.1, 0.15) is 39.2 Å². The van der Waals surface area contributed by atoms with Crippen LogP contribution in [0.5, 0.6) is 11.5 Å². The van der Waals surface area contributed by atoms with Gasteiger partial charge in [-0.3, -0.25) is 14.4 Å². The Balaban J connectivity index is 1.57. The minimum absolute atomic E-state index is 0.192. The molecule has 2 atom stereocenters. The van der Waals surface area contributed by atoms with Crippen LogP contribution in [0, 0.1) is 16.2 Å². The molecule has 1 aliphatic heterocycles. The minimum atomic E-state index is -1.25. The number of carbonyl (C=O) groups excluding carboxylic acids is 3. The van der Waals surface area contributed by atoms with Gasteiger partial charge in [0, 0.05) is 12.0 Å². The molecule has 1 aromatic rings. The number of nitrogens with one attached hydrogen (secondary N) is 1. The number of hydrogen-bond donors (Lipinski definition) is 1. The van der Waals surface area contributed by atoms with Crippen molar-refractivity contribution in [1.29, 1.82) is 0 Å². The summed E-state index contributed by atoms with van der Waals surface area (Å²) >= 11 is 0. The second-order valence-electron chi connectivity index (χ2n) is 7.89. The fraction of sp³-hybridized carbons (Fsp3) is 0.526. The number of ether oxygens (including phenoxy) is 2. The lowest BCUT2D eigenvalue weighted by Crippen LogP contribution is -2.50. The van der Waals surface area contributed by atoms with Crippen LogP contribution in [0.2, 0.25) is 0 Å². The molecule has 0 saturated heterocycles. The molecule has 1 aromatic carbocycles. The highest BCUT2D eigenvalue weighted by Gasteiger charge is 2.77. The minimum Gasteiger partial charge on any atom is -0.454 e. The van der Waals surface area contributed by atoms with Crippen molar-refractivity contribution in [3.05, 3.63) is 23.8 Å². The Morgan fingerprint density at radius 3 is 2.48 bits per heavy atom. The van der Waals surface area contributed by atoms with Gasteiger partial charge in [0.05, 0.1) is 0 Å². The first-order valence-corrected chi connectivity index (χ1v) is 8.50. The Bertz CT molecular complexity index is 814. The van der Waals surface area contributed by atoms with Gasteiger partial charge in [0.15, 0.2) is 11.5 Å². The summed E-state index contributed by atoms with van der Waals surface area (Å²) in [6.07, 6.45) is 0.996. The topological polar surface area (TPSA) is 81.7 Å². The molecule has 2 fully saturated rings. The van der Waals surface area contributed by atoms with Crippen LogP contribution < -0.4 is 14.8 Å². The second-order valence-corrected chi connectivity index (χ2v) is 7.89. The first-order valence-electron chi connectivity index (χ1n) is 8.50. The third kappa shape index (κ3) is 1.77. The molecule has 132 valence electrons. The van der Waals surface area contributed by atoms with Gasteiger partial charge < -0.3 is 14.8 Å². The number of hydrogen-bond acceptors (Lipinski definition) is 5. The predicted molar refractivity (Wildman–Crippen MR) is 88.0 cm³/mol. The van der Waals surface area contributed by atoms with Gasteiger partial charge in [-0.15, -0.1) is 0 Å². The van der Waals surface area contributed by atoms with Crippen molar-refractivity contribution >= 4 is 17.5 Å². The number of rotatable bonds is 3. The van der Waals surface area contributed by atoms with E-state index in [0.29, 0.717) is 24.3 Å². The lowest BCUT2D eigenvalue weighted by Gasteiger charge is -2.37. The molecule has 2 bridgehead atoms. The van der Waals surface area contributed by atoms with E-state index >= 15 is 0 Å². The summed E-state index contributed by atoms with van der Waals surface area (Å²) in [6.45, 7) is 6.00. The highest BCUT2D eigenvalue weighted by molar-refractivity contribution is 6.48. The third-order valence-corrected chi connectivity index (χ3v) is 6.82. The van der Waals surface area contributed by atoms with Gasteiger partial charge in [0.1, 0.15) is 5.41 Å². The quantitative estimate of drug-likeness (QED) is 0.670. The largest absolute Gasteiger partial charge is 0.454 e. The maximum Gasteiger partial charge on any atom is 0.235 e. The van der Waals surface area contributed by atoms with E-state index in [9.17, 15) is 14.4 Å². The van der Waals surface area contributed by atoms with E-state index in [-0.39, 0.29) is 19.2 Å². The smallest absolute Gasteiger partial charge is 0.235 e. The molecule has 3 aliphatic rings. The summed E-state index contributed by atoms with van der Waals surface area (Å²) in [4.78, 5) is 38.1. The van der Waals surface area contributed by atoms with Crippen LogP contribution >= 0.6 is 0 Å². The summed E-state index contributed by atoms with van der Waals surface area (Å²) in [7, 11) is 0. The highest BCUT2D eigenvalue weighted by atomic mass is 16.7. The van der Waals surface area contributed by atoms with E-state index in [1.807, 2.05) is 32.9 Å². The Morgan fingerprint density at radius 1 is 1.08 bits per heavy atom. The Morgan fingerprint density at radius 2 is 1.80 bits per heavy atom. The average Bonchev–Trinajstić information content (AvgIpc) is 3.15. The monoisotopic (exact) mass is 343 g/mol. The van der Waals surface area contributed by atoms with Crippen LogP contribution in [0.4, 0.5) is 0 Å². The zero-order valence-electron chi connectivity index (χ0n) is 14.6. The maximum absolute atomic E-state index is 13.0. The molecule has 0 aromatic heterocycles. The highest BCUT2D eigenvalue weighted by Crippen LogP contribution is 2.68. The van der Waals surface area contributed by atoms with Crippen LogP contribution in [0.25, 0.3) is 0 Å². The molecule has 2 aliphatic carbocycles. The van der Waals surface area contributed by atoms with E-state index in [1.165, 1.54) is 0 Å². The molecule has 4 rings (SSSR count). The van der Waals surface area contributed by atoms with Gasteiger partial charge >= 0.3 is 0 Å². The lowest BCUT2D eigenvalue weighted by atomic mass is 9.64. The molecule has 0 spiro atoms. The first-order chi connectivity index (χ1) is 11.7. The molecule has 25 heavy (non-hydrogen) atoms.